The molecule has 1 saturated heterocycles. The Morgan fingerprint density at radius 3 is 2.23 bits per heavy atom. The fraction of sp³-hybridized carbons (Fsp3) is 0.652. The molecule has 0 unspecified atom stereocenters. The number of esters is 1. The lowest BCUT2D eigenvalue weighted by molar-refractivity contribution is -0.00252. The molecule has 1 aliphatic rings. The third kappa shape index (κ3) is 5.24. The number of nitrogens with zero attached hydrogens (tertiary/aromatic N) is 2. The molecule has 168 valence electrons. The normalized spacial score (nSPS) is 21.9. The van der Waals surface area contributed by atoms with Crippen LogP contribution in [0.4, 0.5) is 14.9 Å². The molecule has 1 aromatic carbocycles. The summed E-state index contributed by atoms with van der Waals surface area (Å²) in [6.07, 6.45) is 1.14. The molecule has 2 rings (SSSR count). The fourth-order valence-electron chi connectivity index (χ4n) is 4.38. The molecule has 1 heterocycles. The first-order valence-corrected chi connectivity index (χ1v) is 10.6. The first-order valence-electron chi connectivity index (χ1n) is 10.6. The van der Waals surface area contributed by atoms with Gasteiger partial charge in [-0.25, -0.2) is 14.0 Å². The number of piperidine rings is 1. The van der Waals surface area contributed by atoms with Crippen LogP contribution in [0.5, 0.6) is 0 Å². The molecular formula is C23H35FN2O4. The maximum atomic E-state index is 14.3. The average molecular weight is 423 g/mol. The second-order valence-corrected chi connectivity index (χ2v) is 9.09. The number of rotatable bonds is 4. The van der Waals surface area contributed by atoms with Crippen LogP contribution in [0.2, 0.25) is 0 Å². The van der Waals surface area contributed by atoms with Crippen molar-refractivity contribution in [3.63, 3.8) is 0 Å². The highest BCUT2D eigenvalue weighted by Crippen LogP contribution is 2.34. The van der Waals surface area contributed by atoms with E-state index < -0.39 is 17.4 Å². The Labute approximate surface area is 179 Å². The summed E-state index contributed by atoms with van der Waals surface area (Å²) >= 11 is 0. The number of benzene rings is 1. The quantitative estimate of drug-likeness (QED) is 0.645. The zero-order valence-corrected chi connectivity index (χ0v) is 19.4. The maximum Gasteiger partial charge on any atom is 0.410 e. The van der Waals surface area contributed by atoms with E-state index in [0.717, 1.165) is 12.8 Å². The van der Waals surface area contributed by atoms with Gasteiger partial charge < -0.3 is 19.3 Å². The predicted octanol–water partition coefficient (Wildman–Crippen LogP) is 4.92. The first kappa shape index (κ1) is 24.0. The number of amides is 1. The molecule has 0 saturated carbocycles. The number of halogens is 1. The van der Waals surface area contributed by atoms with E-state index in [1.54, 1.807) is 4.90 Å². The molecule has 7 heteroatoms. The van der Waals surface area contributed by atoms with Gasteiger partial charge >= 0.3 is 12.1 Å². The number of anilines is 1. The van der Waals surface area contributed by atoms with E-state index in [4.69, 9.17) is 9.47 Å². The zero-order valence-electron chi connectivity index (χ0n) is 19.4. The lowest BCUT2D eigenvalue weighted by Gasteiger charge is -2.47. The summed E-state index contributed by atoms with van der Waals surface area (Å²) in [5.74, 6) is -1.02. The van der Waals surface area contributed by atoms with Crippen molar-refractivity contribution in [3.8, 4) is 0 Å². The molecule has 0 N–H and O–H groups in total. The van der Waals surface area contributed by atoms with Gasteiger partial charge in [0.05, 0.1) is 12.7 Å². The van der Waals surface area contributed by atoms with Crippen LogP contribution in [0.3, 0.4) is 0 Å². The summed E-state index contributed by atoms with van der Waals surface area (Å²) in [6, 6.07) is 2.73. The van der Waals surface area contributed by atoms with Gasteiger partial charge in [0.25, 0.3) is 0 Å². The number of ether oxygens (including phenoxy) is 2. The molecule has 1 fully saturated rings. The summed E-state index contributed by atoms with van der Waals surface area (Å²) in [4.78, 5) is 28.7. The molecule has 2 atom stereocenters. The van der Waals surface area contributed by atoms with Crippen LogP contribution in [0, 0.1) is 12.7 Å². The third-order valence-electron chi connectivity index (χ3n) is 5.62. The van der Waals surface area contributed by atoms with Crippen LogP contribution >= 0.6 is 0 Å². The van der Waals surface area contributed by atoms with Gasteiger partial charge in [-0.1, -0.05) is 0 Å². The van der Waals surface area contributed by atoms with Crippen molar-refractivity contribution < 1.29 is 23.5 Å². The van der Waals surface area contributed by atoms with Crippen molar-refractivity contribution in [1.29, 1.82) is 0 Å². The molecule has 1 aromatic rings. The van der Waals surface area contributed by atoms with Crippen molar-refractivity contribution in [2.45, 2.75) is 85.0 Å². The van der Waals surface area contributed by atoms with Crippen LogP contribution < -0.4 is 4.90 Å². The van der Waals surface area contributed by atoms with Crippen LogP contribution in [-0.2, 0) is 9.47 Å². The lowest BCUT2D eigenvalue weighted by Crippen LogP contribution is -2.56. The van der Waals surface area contributed by atoms with Crippen LogP contribution in [-0.4, -0.2) is 54.3 Å². The van der Waals surface area contributed by atoms with Gasteiger partial charge in [-0.15, -0.1) is 0 Å². The molecule has 0 spiro atoms. The minimum Gasteiger partial charge on any atom is -0.465 e. The smallest absolute Gasteiger partial charge is 0.410 e. The Morgan fingerprint density at radius 1 is 1.20 bits per heavy atom. The number of hydrogen-bond acceptors (Lipinski definition) is 5. The molecule has 30 heavy (non-hydrogen) atoms. The highest BCUT2D eigenvalue weighted by atomic mass is 19.1. The Morgan fingerprint density at radius 2 is 1.77 bits per heavy atom. The Kier molecular flexibility index (Phi) is 7.37. The number of carbonyl (C=O) groups is 2. The van der Waals surface area contributed by atoms with E-state index in [1.807, 2.05) is 48.5 Å². The van der Waals surface area contributed by atoms with Crippen LogP contribution in [0.1, 0.15) is 70.3 Å². The van der Waals surface area contributed by atoms with Crippen LogP contribution in [0.25, 0.3) is 0 Å². The van der Waals surface area contributed by atoms with Crippen molar-refractivity contribution >= 4 is 17.7 Å². The second-order valence-electron chi connectivity index (χ2n) is 9.09. The van der Waals surface area contributed by atoms with Crippen molar-refractivity contribution in [3.05, 3.63) is 29.1 Å². The summed E-state index contributed by atoms with van der Waals surface area (Å²) in [5, 5.41) is 0. The van der Waals surface area contributed by atoms with Crippen molar-refractivity contribution in [2.75, 3.05) is 18.6 Å². The largest absolute Gasteiger partial charge is 0.465 e. The van der Waals surface area contributed by atoms with Gasteiger partial charge in [0, 0.05) is 30.4 Å². The Balaban J connectivity index is 2.31. The van der Waals surface area contributed by atoms with Gasteiger partial charge in [0.1, 0.15) is 11.4 Å². The number of hydrogen-bond donors (Lipinski definition) is 0. The average Bonchev–Trinajstić information content (AvgIpc) is 2.62. The molecule has 1 amide bonds. The fourth-order valence-corrected chi connectivity index (χ4v) is 4.38. The molecular weight excluding hydrogens is 387 g/mol. The Hall–Kier alpha value is -2.31. The monoisotopic (exact) mass is 422 g/mol. The van der Waals surface area contributed by atoms with Gasteiger partial charge in [-0.3, -0.25) is 0 Å². The summed E-state index contributed by atoms with van der Waals surface area (Å²) < 4.78 is 24.7. The third-order valence-corrected chi connectivity index (χ3v) is 5.62. The minimum atomic E-state index is -0.550. The Bertz CT molecular complexity index is 778. The SMILES string of the molecule is CCN(c1cc(F)cc(C(=O)OC)c1C)C1C[C@@H](C)N(C(=O)OC(C)(C)C)[C@H](C)C1. The number of likely N-dealkylation sites (tertiary alicyclic amines) is 1. The second kappa shape index (κ2) is 9.23. The predicted molar refractivity (Wildman–Crippen MR) is 116 cm³/mol. The summed E-state index contributed by atoms with van der Waals surface area (Å²) in [5.41, 5.74) is 1.07. The maximum absolute atomic E-state index is 14.3. The highest BCUT2D eigenvalue weighted by molar-refractivity contribution is 5.92. The van der Waals surface area contributed by atoms with Crippen LogP contribution in [0.15, 0.2) is 12.1 Å². The number of methoxy groups -OCH3 is 1. The van der Waals surface area contributed by atoms with E-state index in [2.05, 4.69) is 4.90 Å². The first-order chi connectivity index (χ1) is 13.9. The topological polar surface area (TPSA) is 59.1 Å². The van der Waals surface area contributed by atoms with Crippen molar-refractivity contribution in [1.82, 2.24) is 4.90 Å². The summed E-state index contributed by atoms with van der Waals surface area (Å²) in [6.45, 7) is 14.1. The van der Waals surface area contributed by atoms with Gasteiger partial charge in [-0.05, 0) is 79.0 Å². The van der Waals surface area contributed by atoms with E-state index in [-0.39, 0.29) is 29.8 Å². The molecule has 6 nitrogen and oxygen atoms in total. The van der Waals surface area contributed by atoms with Gasteiger partial charge in [0.2, 0.25) is 0 Å². The molecule has 0 bridgehead atoms. The standard InChI is InChI=1S/C23H35FN2O4/c1-9-25(20-13-17(24)12-19(16(20)4)21(27)29-8)18-10-14(2)26(15(3)11-18)22(28)30-23(5,6)7/h12-15,18H,9-11H2,1-8H3/t14-,15-/m1/s1. The van der Waals surface area contributed by atoms with E-state index in [0.29, 0.717) is 17.8 Å². The van der Waals surface area contributed by atoms with Gasteiger partial charge in [0.15, 0.2) is 0 Å². The minimum absolute atomic E-state index is 0.0309. The van der Waals surface area contributed by atoms with E-state index in [9.17, 15) is 14.0 Å². The molecule has 0 aromatic heterocycles. The van der Waals surface area contributed by atoms with Crippen molar-refractivity contribution in [2.24, 2.45) is 0 Å². The summed E-state index contributed by atoms with van der Waals surface area (Å²) in [7, 11) is 1.29. The zero-order chi connectivity index (χ0) is 22.8. The number of carbonyl (C=O) groups excluding carboxylic acids is 2. The van der Waals surface area contributed by atoms with Gasteiger partial charge in [-0.2, -0.15) is 0 Å². The molecule has 0 radical (unpaired) electrons. The van der Waals surface area contributed by atoms with E-state index >= 15 is 0 Å². The highest BCUT2D eigenvalue weighted by Gasteiger charge is 2.38. The molecule has 0 aliphatic carbocycles. The molecule has 1 aliphatic heterocycles. The van der Waals surface area contributed by atoms with E-state index in [1.165, 1.54) is 19.2 Å². The lowest BCUT2D eigenvalue weighted by atomic mass is 9.91.